The predicted octanol–water partition coefficient (Wildman–Crippen LogP) is 0.0216. The van der Waals surface area contributed by atoms with Crippen molar-refractivity contribution in [2.24, 2.45) is 5.92 Å². The zero-order valence-electron chi connectivity index (χ0n) is 10.9. The molecule has 2 aliphatic rings. The number of hydrogen-bond acceptors (Lipinski definition) is 4. The second-order valence-electron chi connectivity index (χ2n) is 5.30. The summed E-state index contributed by atoms with van der Waals surface area (Å²) in [6.45, 7) is 4.26. The van der Waals surface area contributed by atoms with Crippen LogP contribution in [0.4, 0.5) is 0 Å². The molecule has 2 rings (SSSR count). The lowest BCUT2D eigenvalue weighted by atomic mass is 10.00. The van der Waals surface area contributed by atoms with Crippen molar-refractivity contribution in [3.63, 3.8) is 0 Å². The Morgan fingerprint density at radius 2 is 2.11 bits per heavy atom. The van der Waals surface area contributed by atoms with E-state index >= 15 is 0 Å². The van der Waals surface area contributed by atoms with Crippen molar-refractivity contribution in [1.82, 2.24) is 10.2 Å². The van der Waals surface area contributed by atoms with E-state index in [2.05, 4.69) is 12.2 Å². The van der Waals surface area contributed by atoms with E-state index in [1.807, 2.05) is 4.90 Å². The van der Waals surface area contributed by atoms with Crippen LogP contribution in [0.3, 0.4) is 0 Å². The van der Waals surface area contributed by atoms with Crippen LogP contribution in [0.15, 0.2) is 0 Å². The fourth-order valence-electron chi connectivity index (χ4n) is 2.52. The fourth-order valence-corrected chi connectivity index (χ4v) is 4.25. The molecule has 0 bridgehead atoms. The summed E-state index contributed by atoms with van der Waals surface area (Å²) in [4.78, 5) is 14.2. The van der Waals surface area contributed by atoms with Crippen LogP contribution in [0.2, 0.25) is 0 Å². The Bertz CT molecular complexity index is 404. The molecule has 0 radical (unpaired) electrons. The molecule has 1 N–H and O–H groups in total. The van der Waals surface area contributed by atoms with E-state index in [0.29, 0.717) is 13.0 Å². The van der Waals surface area contributed by atoms with Gasteiger partial charge >= 0.3 is 0 Å². The molecule has 6 heteroatoms. The summed E-state index contributed by atoms with van der Waals surface area (Å²) in [5.74, 6) is 0.591. The van der Waals surface area contributed by atoms with Crippen LogP contribution < -0.4 is 5.32 Å². The van der Waals surface area contributed by atoms with Crippen LogP contribution in [-0.2, 0) is 14.6 Å². The van der Waals surface area contributed by atoms with Crippen LogP contribution in [0.1, 0.15) is 26.2 Å². The highest BCUT2D eigenvalue weighted by Gasteiger charge is 2.37. The highest BCUT2D eigenvalue weighted by molar-refractivity contribution is 7.91. The first-order valence-electron chi connectivity index (χ1n) is 6.75. The third-order valence-electron chi connectivity index (χ3n) is 3.82. The standard InChI is InChI=1S/C12H22N2O3S/c1-2-3-5-14(12(15)10-7-13-8-10)11-4-6-18(16,17)9-11/h10-11,13H,2-9H2,1H3. The summed E-state index contributed by atoms with van der Waals surface area (Å²) >= 11 is 0. The van der Waals surface area contributed by atoms with Crippen molar-refractivity contribution in [1.29, 1.82) is 0 Å². The number of sulfone groups is 1. The number of nitrogens with one attached hydrogen (secondary N) is 1. The van der Waals surface area contributed by atoms with Gasteiger partial charge in [-0.1, -0.05) is 13.3 Å². The Labute approximate surface area is 109 Å². The van der Waals surface area contributed by atoms with Crippen LogP contribution >= 0.6 is 0 Å². The summed E-state index contributed by atoms with van der Waals surface area (Å²) in [5, 5.41) is 3.09. The van der Waals surface area contributed by atoms with Gasteiger partial charge in [-0.3, -0.25) is 4.79 Å². The van der Waals surface area contributed by atoms with Crippen LogP contribution in [0.5, 0.6) is 0 Å². The van der Waals surface area contributed by atoms with Crippen molar-refractivity contribution in [2.75, 3.05) is 31.1 Å². The number of carbonyl (C=O) groups is 1. The van der Waals surface area contributed by atoms with Crippen LogP contribution in [0, 0.1) is 5.92 Å². The lowest BCUT2D eigenvalue weighted by Crippen LogP contribution is -2.54. The molecule has 0 aromatic carbocycles. The first-order valence-corrected chi connectivity index (χ1v) is 8.57. The second kappa shape index (κ2) is 5.57. The summed E-state index contributed by atoms with van der Waals surface area (Å²) in [5.41, 5.74) is 0. The minimum atomic E-state index is -2.92. The summed E-state index contributed by atoms with van der Waals surface area (Å²) < 4.78 is 23.1. The maximum absolute atomic E-state index is 12.3. The molecule has 0 aromatic rings. The van der Waals surface area contributed by atoms with Gasteiger partial charge in [-0.25, -0.2) is 8.42 Å². The lowest BCUT2D eigenvalue weighted by Gasteiger charge is -2.35. The van der Waals surface area contributed by atoms with Gasteiger partial charge in [-0.15, -0.1) is 0 Å². The summed E-state index contributed by atoms with van der Waals surface area (Å²) in [6, 6.07) is -0.0883. The number of amides is 1. The number of carbonyl (C=O) groups excluding carboxylic acids is 1. The average molecular weight is 274 g/mol. The first kappa shape index (κ1) is 13.8. The molecule has 5 nitrogen and oxygen atoms in total. The Balaban J connectivity index is 2.02. The minimum Gasteiger partial charge on any atom is -0.338 e. The monoisotopic (exact) mass is 274 g/mol. The van der Waals surface area contributed by atoms with Gasteiger partial charge in [-0.05, 0) is 12.8 Å². The number of nitrogens with zero attached hydrogens (tertiary/aromatic N) is 1. The van der Waals surface area contributed by atoms with Crippen molar-refractivity contribution in [2.45, 2.75) is 32.2 Å². The molecule has 18 heavy (non-hydrogen) atoms. The van der Waals surface area contributed by atoms with Crippen molar-refractivity contribution < 1.29 is 13.2 Å². The van der Waals surface area contributed by atoms with Gasteiger partial charge in [0.25, 0.3) is 0 Å². The maximum Gasteiger partial charge on any atom is 0.228 e. The van der Waals surface area contributed by atoms with Gasteiger partial charge in [0.1, 0.15) is 0 Å². The Morgan fingerprint density at radius 3 is 2.56 bits per heavy atom. The smallest absolute Gasteiger partial charge is 0.228 e. The Hall–Kier alpha value is -0.620. The van der Waals surface area contributed by atoms with E-state index in [0.717, 1.165) is 25.9 Å². The molecule has 0 saturated carbocycles. The van der Waals surface area contributed by atoms with Crippen molar-refractivity contribution >= 4 is 15.7 Å². The van der Waals surface area contributed by atoms with E-state index in [1.165, 1.54) is 0 Å². The van der Waals surface area contributed by atoms with Crippen LogP contribution in [0.25, 0.3) is 0 Å². The molecular formula is C12H22N2O3S. The highest BCUT2D eigenvalue weighted by Crippen LogP contribution is 2.21. The quantitative estimate of drug-likeness (QED) is 0.767. The van der Waals surface area contributed by atoms with Gasteiger partial charge in [0, 0.05) is 25.7 Å². The lowest BCUT2D eigenvalue weighted by molar-refractivity contribution is -0.139. The fraction of sp³-hybridized carbons (Fsp3) is 0.917. The SMILES string of the molecule is CCCCN(C(=O)C1CNC1)C1CCS(=O)(=O)C1. The second-order valence-corrected chi connectivity index (χ2v) is 7.53. The van der Waals surface area contributed by atoms with Crippen LogP contribution in [-0.4, -0.2) is 56.4 Å². The average Bonchev–Trinajstić information content (AvgIpc) is 2.57. The molecule has 1 amide bonds. The maximum atomic E-state index is 12.3. The third-order valence-corrected chi connectivity index (χ3v) is 5.57. The van der Waals surface area contributed by atoms with Crippen molar-refractivity contribution in [3.8, 4) is 0 Å². The topological polar surface area (TPSA) is 66.5 Å². The first-order chi connectivity index (χ1) is 8.53. The molecule has 1 unspecified atom stereocenters. The molecule has 0 aromatic heterocycles. The van der Waals surface area contributed by atoms with E-state index in [9.17, 15) is 13.2 Å². The summed E-state index contributed by atoms with van der Waals surface area (Å²) in [6.07, 6.45) is 2.58. The van der Waals surface area contributed by atoms with Gasteiger partial charge in [0.05, 0.1) is 17.4 Å². The third kappa shape index (κ3) is 3.03. The zero-order valence-corrected chi connectivity index (χ0v) is 11.7. The predicted molar refractivity (Wildman–Crippen MR) is 70.0 cm³/mol. The molecule has 2 fully saturated rings. The van der Waals surface area contributed by atoms with E-state index in [-0.39, 0.29) is 29.4 Å². The van der Waals surface area contributed by atoms with E-state index in [4.69, 9.17) is 0 Å². The largest absolute Gasteiger partial charge is 0.338 e. The van der Waals surface area contributed by atoms with Gasteiger partial charge in [-0.2, -0.15) is 0 Å². The van der Waals surface area contributed by atoms with E-state index < -0.39 is 9.84 Å². The van der Waals surface area contributed by atoms with Gasteiger partial charge < -0.3 is 10.2 Å². The Morgan fingerprint density at radius 1 is 1.39 bits per heavy atom. The molecule has 0 aliphatic carbocycles. The normalized spacial score (nSPS) is 26.8. The minimum absolute atomic E-state index is 0.0603. The van der Waals surface area contributed by atoms with Gasteiger partial charge in [0.2, 0.25) is 5.91 Å². The Kier molecular flexibility index (Phi) is 4.27. The number of unbranched alkanes of at least 4 members (excludes halogenated alkanes) is 1. The molecule has 2 saturated heterocycles. The molecule has 1 atom stereocenters. The van der Waals surface area contributed by atoms with E-state index in [1.54, 1.807) is 0 Å². The molecular weight excluding hydrogens is 252 g/mol. The molecule has 2 heterocycles. The van der Waals surface area contributed by atoms with Crippen molar-refractivity contribution in [3.05, 3.63) is 0 Å². The zero-order chi connectivity index (χ0) is 13.2. The van der Waals surface area contributed by atoms with Gasteiger partial charge in [0.15, 0.2) is 9.84 Å². The summed E-state index contributed by atoms with van der Waals surface area (Å²) in [7, 11) is -2.92. The highest BCUT2D eigenvalue weighted by atomic mass is 32.2. The molecule has 104 valence electrons. The number of hydrogen-bond donors (Lipinski definition) is 1. The number of rotatable bonds is 5. The molecule has 0 spiro atoms. The molecule has 2 aliphatic heterocycles.